The zero-order chi connectivity index (χ0) is 20.1. The van der Waals surface area contributed by atoms with Crippen molar-refractivity contribution in [3.8, 4) is 0 Å². The molecule has 1 aliphatic heterocycles. The lowest BCUT2D eigenvalue weighted by Gasteiger charge is -2.31. The van der Waals surface area contributed by atoms with E-state index in [1.165, 1.54) is 36.2 Å². The van der Waals surface area contributed by atoms with Crippen LogP contribution in [0.5, 0.6) is 0 Å². The molecule has 1 saturated carbocycles. The van der Waals surface area contributed by atoms with Gasteiger partial charge in [0.15, 0.2) is 16.8 Å². The largest absolute Gasteiger partial charge is 0.379 e. The van der Waals surface area contributed by atoms with Gasteiger partial charge in [-0.25, -0.2) is 23.1 Å². The highest BCUT2D eigenvalue weighted by Gasteiger charge is 2.58. The van der Waals surface area contributed by atoms with Gasteiger partial charge in [-0.05, 0) is 24.6 Å². The Hall–Kier alpha value is -2.26. The first-order valence-electron chi connectivity index (χ1n) is 8.34. The van der Waals surface area contributed by atoms with E-state index in [-0.39, 0.29) is 33.3 Å². The normalized spacial score (nSPS) is 25.6. The maximum Gasteiger partial charge on any atom is 0.274 e. The summed E-state index contributed by atoms with van der Waals surface area (Å²) in [6.07, 6.45) is 1.89. The number of aliphatic imine (C=N–C) groups is 1. The van der Waals surface area contributed by atoms with E-state index in [1.807, 2.05) is 0 Å². The van der Waals surface area contributed by atoms with Gasteiger partial charge >= 0.3 is 0 Å². The maximum absolute atomic E-state index is 14.6. The van der Waals surface area contributed by atoms with Crippen LogP contribution >= 0.6 is 23.4 Å². The standard InChI is InChI=1S/C18H14ClF3N4OS/c19-8-1-2-13(24-6-8)16(27)25-9-3-11(15(22)12(21)4-9)18(7-20)10-5-14(10)28-17(23)26-18/h1-4,6,10,14H,5,7H2,(H2,23,26)(H,25,27)/t10-,14?,18+/m1/s1. The van der Waals surface area contributed by atoms with Gasteiger partial charge < -0.3 is 11.1 Å². The molecule has 3 atom stereocenters. The van der Waals surface area contributed by atoms with Crippen molar-refractivity contribution in [1.82, 2.24) is 4.98 Å². The fraction of sp³-hybridized carbons (Fsp3) is 0.278. The molecule has 0 spiro atoms. The number of hydrogen-bond acceptors (Lipinski definition) is 5. The molecule has 1 unspecified atom stereocenters. The van der Waals surface area contributed by atoms with E-state index < -0.39 is 29.8 Å². The Balaban J connectivity index is 1.72. The molecule has 2 aromatic rings. The second-order valence-corrected chi connectivity index (χ2v) is 8.34. The molecule has 0 saturated heterocycles. The molecule has 10 heteroatoms. The van der Waals surface area contributed by atoms with Gasteiger partial charge in [0, 0.05) is 34.7 Å². The lowest BCUT2D eigenvalue weighted by Crippen LogP contribution is -2.37. The number of carbonyl (C=O) groups excluding carboxylic acids is 1. The number of alkyl halides is 1. The Labute approximate surface area is 167 Å². The molecule has 4 rings (SSSR count). The zero-order valence-electron chi connectivity index (χ0n) is 14.3. The molecule has 5 nitrogen and oxygen atoms in total. The third-order valence-electron chi connectivity index (χ3n) is 4.84. The Kier molecular flexibility index (Phi) is 4.75. The minimum absolute atomic E-state index is 0.0206. The second-order valence-electron chi connectivity index (χ2n) is 6.64. The average Bonchev–Trinajstić information content (AvgIpc) is 3.44. The van der Waals surface area contributed by atoms with Crippen molar-refractivity contribution in [2.45, 2.75) is 17.2 Å². The molecule has 0 bridgehead atoms. The highest BCUT2D eigenvalue weighted by molar-refractivity contribution is 8.14. The van der Waals surface area contributed by atoms with Crippen molar-refractivity contribution >= 4 is 40.1 Å². The van der Waals surface area contributed by atoms with E-state index in [2.05, 4.69) is 15.3 Å². The minimum atomic E-state index is -1.59. The van der Waals surface area contributed by atoms with E-state index >= 15 is 0 Å². The maximum atomic E-state index is 14.6. The number of nitrogens with zero attached hydrogens (tertiary/aromatic N) is 2. The number of amides is 1. The van der Waals surface area contributed by atoms with Crippen molar-refractivity contribution in [1.29, 1.82) is 0 Å². The number of rotatable bonds is 4. The summed E-state index contributed by atoms with van der Waals surface area (Å²) in [5, 5.41) is 2.95. The van der Waals surface area contributed by atoms with Crippen LogP contribution in [0.4, 0.5) is 18.9 Å². The van der Waals surface area contributed by atoms with Crippen LogP contribution in [0, 0.1) is 17.6 Å². The number of anilines is 1. The highest BCUT2D eigenvalue weighted by Crippen LogP contribution is 2.58. The summed E-state index contributed by atoms with van der Waals surface area (Å²) in [4.78, 5) is 20.3. The predicted molar refractivity (Wildman–Crippen MR) is 102 cm³/mol. The van der Waals surface area contributed by atoms with Gasteiger partial charge in [0.05, 0.1) is 5.02 Å². The van der Waals surface area contributed by atoms with Crippen LogP contribution in [0.25, 0.3) is 0 Å². The van der Waals surface area contributed by atoms with Crippen molar-refractivity contribution in [2.75, 3.05) is 12.0 Å². The molecule has 2 aliphatic rings. The molecule has 0 radical (unpaired) electrons. The Morgan fingerprint density at radius 1 is 1.39 bits per heavy atom. The van der Waals surface area contributed by atoms with Gasteiger partial charge in [-0.2, -0.15) is 0 Å². The monoisotopic (exact) mass is 426 g/mol. The molecular formula is C18H14ClF3N4OS. The topological polar surface area (TPSA) is 80.4 Å². The van der Waals surface area contributed by atoms with E-state index in [0.717, 1.165) is 6.07 Å². The number of halogens is 4. The van der Waals surface area contributed by atoms with E-state index in [1.54, 1.807) is 0 Å². The number of nitrogens with two attached hydrogens (primary N) is 1. The SMILES string of the molecule is NC1=N[C@](CF)(c2cc(NC(=O)c3ccc(Cl)cn3)cc(F)c2F)[C@@H]2CC2S1. The number of hydrogen-bond donors (Lipinski definition) is 2. The van der Waals surface area contributed by atoms with Gasteiger partial charge in [-0.3, -0.25) is 4.79 Å². The second kappa shape index (κ2) is 6.97. The molecule has 1 fully saturated rings. The molecule has 146 valence electrons. The first-order chi connectivity index (χ1) is 13.3. The number of nitrogens with one attached hydrogen (secondary N) is 1. The quantitative estimate of drug-likeness (QED) is 0.777. The van der Waals surface area contributed by atoms with Gasteiger partial charge in [-0.1, -0.05) is 23.4 Å². The summed E-state index contributed by atoms with van der Waals surface area (Å²) < 4.78 is 43.0. The number of amidine groups is 1. The minimum Gasteiger partial charge on any atom is -0.379 e. The Morgan fingerprint density at radius 2 is 2.18 bits per heavy atom. The van der Waals surface area contributed by atoms with E-state index in [9.17, 15) is 18.0 Å². The molecule has 1 aromatic carbocycles. The van der Waals surface area contributed by atoms with Gasteiger partial charge in [0.1, 0.15) is 17.9 Å². The fourth-order valence-corrected chi connectivity index (χ4v) is 4.74. The fourth-order valence-electron chi connectivity index (χ4n) is 3.41. The van der Waals surface area contributed by atoms with E-state index in [4.69, 9.17) is 17.3 Å². The molecule has 1 amide bonds. The van der Waals surface area contributed by atoms with Crippen molar-refractivity contribution < 1.29 is 18.0 Å². The van der Waals surface area contributed by atoms with Gasteiger partial charge in [-0.15, -0.1) is 0 Å². The van der Waals surface area contributed by atoms with Gasteiger partial charge in [0.2, 0.25) is 0 Å². The third kappa shape index (κ3) is 3.22. The zero-order valence-corrected chi connectivity index (χ0v) is 15.8. The molecule has 1 aromatic heterocycles. The van der Waals surface area contributed by atoms with Crippen LogP contribution in [0.3, 0.4) is 0 Å². The molecule has 1 aliphatic carbocycles. The summed E-state index contributed by atoms with van der Waals surface area (Å²) in [5.74, 6) is -3.34. The Morgan fingerprint density at radius 3 is 2.86 bits per heavy atom. The summed E-state index contributed by atoms with van der Waals surface area (Å²) in [6, 6.07) is 4.89. The van der Waals surface area contributed by atoms with Crippen LogP contribution in [-0.4, -0.2) is 28.0 Å². The lowest BCUT2D eigenvalue weighted by molar-refractivity contribution is 0.102. The van der Waals surface area contributed by atoms with Crippen LogP contribution < -0.4 is 11.1 Å². The summed E-state index contributed by atoms with van der Waals surface area (Å²) >= 11 is 7.04. The first kappa shape index (κ1) is 19.1. The summed E-state index contributed by atoms with van der Waals surface area (Å²) in [6.45, 7) is -1.03. The average molecular weight is 427 g/mol. The number of benzene rings is 1. The third-order valence-corrected chi connectivity index (χ3v) is 6.22. The van der Waals surface area contributed by atoms with Crippen LogP contribution in [0.1, 0.15) is 22.5 Å². The summed E-state index contributed by atoms with van der Waals surface area (Å²) in [5.41, 5.74) is 3.93. The van der Waals surface area contributed by atoms with Crippen molar-refractivity contribution in [3.05, 3.63) is 58.4 Å². The van der Waals surface area contributed by atoms with Crippen LogP contribution in [-0.2, 0) is 5.54 Å². The molecule has 2 heterocycles. The van der Waals surface area contributed by atoms with Crippen molar-refractivity contribution in [2.24, 2.45) is 16.6 Å². The number of thioether (sulfide) groups is 1. The van der Waals surface area contributed by atoms with Crippen molar-refractivity contribution in [3.63, 3.8) is 0 Å². The predicted octanol–water partition coefficient (Wildman–Crippen LogP) is 3.88. The lowest BCUT2D eigenvalue weighted by atomic mass is 9.85. The van der Waals surface area contributed by atoms with E-state index in [0.29, 0.717) is 11.4 Å². The number of pyridine rings is 1. The number of fused-ring (bicyclic) bond motifs is 1. The van der Waals surface area contributed by atoms with Crippen LogP contribution in [0.2, 0.25) is 5.02 Å². The number of carbonyl (C=O) groups is 1. The summed E-state index contributed by atoms with van der Waals surface area (Å²) in [7, 11) is 0. The molecule has 3 N–H and O–H groups in total. The molecular weight excluding hydrogens is 413 g/mol. The number of aromatic nitrogens is 1. The smallest absolute Gasteiger partial charge is 0.274 e. The first-order valence-corrected chi connectivity index (χ1v) is 9.60. The molecule has 28 heavy (non-hydrogen) atoms. The van der Waals surface area contributed by atoms with Gasteiger partial charge in [0.25, 0.3) is 5.91 Å². The highest BCUT2D eigenvalue weighted by atomic mass is 35.5. The van der Waals surface area contributed by atoms with Crippen LogP contribution in [0.15, 0.2) is 35.5 Å². The Bertz CT molecular complexity index is 988.